The van der Waals surface area contributed by atoms with E-state index in [0.29, 0.717) is 0 Å². The van der Waals surface area contributed by atoms with E-state index in [9.17, 15) is 14.7 Å². The van der Waals surface area contributed by atoms with E-state index in [1.54, 1.807) is 0 Å². The second kappa shape index (κ2) is 6.55. The predicted octanol–water partition coefficient (Wildman–Crippen LogP) is -1.35. The van der Waals surface area contributed by atoms with Crippen molar-refractivity contribution in [1.82, 2.24) is 30.6 Å². The molecule has 0 radical (unpaired) electrons. The molecular weight excluding hydrogens is 300 g/mol. The minimum atomic E-state index is -2.51. The average molecular weight is 312 g/mol. The van der Waals surface area contributed by atoms with E-state index < -0.39 is 24.6 Å². The van der Waals surface area contributed by atoms with E-state index in [0.717, 1.165) is 0 Å². The van der Waals surface area contributed by atoms with Crippen molar-refractivity contribution in [1.29, 1.82) is 0 Å². The molecule has 2 aromatic heterocycles. The summed E-state index contributed by atoms with van der Waals surface area (Å²) in [6.45, 7) is -1.05. The molecule has 2 heterocycles. The van der Waals surface area contributed by atoms with E-state index in [-0.39, 0.29) is 12.0 Å². The summed E-state index contributed by atoms with van der Waals surface area (Å²) in [5.41, 5.74) is 0. The van der Waals surface area contributed by atoms with Crippen LogP contribution in [0.15, 0.2) is 24.8 Å². The number of hydrogen-bond donors (Lipinski definition) is 6. The van der Waals surface area contributed by atoms with Crippen molar-refractivity contribution in [2.45, 2.75) is 5.85 Å². The summed E-state index contributed by atoms with van der Waals surface area (Å²) >= 11 is 0. The Morgan fingerprint density at radius 3 is 1.86 bits per heavy atom. The number of aromatic amines is 2. The summed E-state index contributed by atoms with van der Waals surface area (Å²) < 4.78 is 9.28. The third-order valence-electron chi connectivity index (χ3n) is 2.17. The molecule has 0 aliphatic rings. The lowest BCUT2D eigenvalue weighted by molar-refractivity contribution is -0.0573. The highest BCUT2D eigenvalue weighted by Crippen LogP contribution is 2.03. The molecule has 0 aliphatic carbocycles. The van der Waals surface area contributed by atoms with Crippen molar-refractivity contribution in [3.63, 3.8) is 0 Å². The van der Waals surface area contributed by atoms with Crippen molar-refractivity contribution in [2.24, 2.45) is 0 Å². The highest BCUT2D eigenvalue weighted by molar-refractivity contribution is 5.73. The molecule has 118 valence electrons. The summed E-state index contributed by atoms with van der Waals surface area (Å²) in [6, 6.07) is -0.285. The van der Waals surface area contributed by atoms with Crippen molar-refractivity contribution < 1.29 is 29.3 Å². The van der Waals surface area contributed by atoms with Gasteiger partial charge in [0.25, 0.3) is 0 Å². The fourth-order valence-corrected chi connectivity index (χ4v) is 1.29. The van der Waals surface area contributed by atoms with Gasteiger partial charge in [-0.25, -0.2) is 19.6 Å². The lowest BCUT2D eigenvalue weighted by Gasteiger charge is -2.26. The number of carbonyl (C=O) groups excluding carboxylic acids is 2. The number of carbonyl (C=O) groups is 2. The molecule has 0 bridgehead atoms. The largest absolute Gasteiger partial charge is 0.418 e. The number of nitrogens with zero attached hydrogens (tertiary/aromatic N) is 2. The summed E-state index contributed by atoms with van der Waals surface area (Å²) in [5, 5.41) is 22.6. The van der Waals surface area contributed by atoms with Crippen LogP contribution in [0.25, 0.3) is 0 Å². The van der Waals surface area contributed by atoms with Gasteiger partial charge in [-0.1, -0.05) is 0 Å². The average Bonchev–Trinajstić information content (AvgIpc) is 3.11. The molecule has 12 nitrogen and oxygen atoms in total. The van der Waals surface area contributed by atoms with Crippen LogP contribution in [0.5, 0.6) is 12.0 Å². The Bertz CT molecular complexity index is 562. The van der Waals surface area contributed by atoms with Crippen molar-refractivity contribution in [2.75, 3.05) is 6.61 Å². The molecule has 0 aliphatic heterocycles. The zero-order valence-corrected chi connectivity index (χ0v) is 10.9. The number of amides is 2. The van der Waals surface area contributed by atoms with E-state index in [2.05, 4.69) is 29.4 Å². The first-order valence-electron chi connectivity index (χ1n) is 5.83. The highest BCUT2D eigenvalue weighted by Gasteiger charge is 2.32. The normalized spacial score (nSPS) is 10.8. The van der Waals surface area contributed by atoms with Crippen molar-refractivity contribution in [3.8, 4) is 12.0 Å². The van der Waals surface area contributed by atoms with Crippen LogP contribution in [0.4, 0.5) is 9.59 Å². The zero-order chi connectivity index (χ0) is 16.0. The zero-order valence-electron chi connectivity index (χ0n) is 10.9. The lowest BCUT2D eigenvalue weighted by atomic mass is 10.4. The molecule has 12 heteroatoms. The SMILES string of the molecule is O=C(NC(O)(CO)NC(=O)Oc1ncc[nH]1)Oc1ncc[nH]1. The Morgan fingerprint density at radius 1 is 1.09 bits per heavy atom. The van der Waals surface area contributed by atoms with Crippen LogP contribution in [0.3, 0.4) is 0 Å². The van der Waals surface area contributed by atoms with Gasteiger partial charge in [0, 0.05) is 24.8 Å². The molecule has 0 saturated heterocycles. The predicted molar refractivity (Wildman–Crippen MR) is 67.5 cm³/mol. The Hall–Kier alpha value is -3.12. The van der Waals surface area contributed by atoms with Gasteiger partial charge in [0.2, 0.25) is 5.85 Å². The summed E-state index contributed by atoms with van der Waals surface area (Å²) in [4.78, 5) is 35.2. The molecule has 2 aromatic rings. The van der Waals surface area contributed by atoms with Gasteiger partial charge >= 0.3 is 24.2 Å². The number of aliphatic hydroxyl groups excluding tert-OH is 1. The lowest BCUT2D eigenvalue weighted by Crippen LogP contribution is -2.64. The van der Waals surface area contributed by atoms with Crippen LogP contribution in [0, 0.1) is 0 Å². The van der Waals surface area contributed by atoms with Gasteiger partial charge < -0.3 is 29.7 Å². The van der Waals surface area contributed by atoms with E-state index in [1.165, 1.54) is 24.8 Å². The van der Waals surface area contributed by atoms with Gasteiger partial charge in [0.05, 0.1) is 0 Å². The third-order valence-corrected chi connectivity index (χ3v) is 2.17. The number of nitrogens with one attached hydrogen (secondary N) is 4. The Morgan fingerprint density at radius 2 is 1.55 bits per heavy atom. The number of aromatic nitrogens is 4. The fourth-order valence-electron chi connectivity index (χ4n) is 1.29. The number of aliphatic hydroxyl groups is 2. The van der Waals surface area contributed by atoms with Crippen LogP contribution in [-0.4, -0.2) is 54.8 Å². The molecule has 0 saturated carbocycles. The van der Waals surface area contributed by atoms with Crippen LogP contribution in [-0.2, 0) is 0 Å². The van der Waals surface area contributed by atoms with Crippen LogP contribution < -0.4 is 20.1 Å². The Kier molecular flexibility index (Phi) is 4.55. The number of ether oxygens (including phenoxy) is 2. The van der Waals surface area contributed by atoms with Crippen LogP contribution in [0.1, 0.15) is 0 Å². The fraction of sp³-hybridized carbons (Fsp3) is 0.200. The van der Waals surface area contributed by atoms with E-state index in [4.69, 9.17) is 5.11 Å². The molecule has 6 N–H and O–H groups in total. The molecular formula is C10H12N6O6. The number of rotatable bonds is 5. The molecule has 0 unspecified atom stereocenters. The Labute approximate surface area is 122 Å². The minimum absolute atomic E-state index is 0.143. The standard InChI is InChI=1S/C10H12N6O6/c17-5-10(20,15-8(18)21-6-11-1-2-12-6)16-9(19)22-7-13-3-4-14-7/h1-4,17,20H,5H2,(H,11,12)(H,13,14)(H,15,18)(H,16,19). The topological polar surface area (TPSA) is 174 Å². The second-order valence-electron chi connectivity index (χ2n) is 3.84. The summed E-state index contributed by atoms with van der Waals surface area (Å²) in [5.74, 6) is -2.51. The minimum Gasteiger partial charge on any atom is -0.389 e. The molecule has 0 atom stereocenters. The summed E-state index contributed by atoms with van der Waals surface area (Å²) in [6.07, 6.45) is 3.12. The van der Waals surface area contributed by atoms with Crippen molar-refractivity contribution in [3.05, 3.63) is 24.8 Å². The quantitative estimate of drug-likeness (QED) is 0.367. The number of hydrogen-bond acceptors (Lipinski definition) is 8. The number of H-pyrrole nitrogens is 2. The second-order valence-corrected chi connectivity index (χ2v) is 3.84. The smallest absolute Gasteiger partial charge is 0.389 e. The third kappa shape index (κ3) is 4.19. The maximum absolute atomic E-state index is 11.5. The number of imidazole rings is 2. The van der Waals surface area contributed by atoms with E-state index in [1.807, 2.05) is 10.6 Å². The Balaban J connectivity index is 1.89. The van der Waals surface area contributed by atoms with Crippen LogP contribution in [0.2, 0.25) is 0 Å². The molecule has 2 amide bonds. The maximum atomic E-state index is 11.5. The van der Waals surface area contributed by atoms with Gasteiger partial charge in [-0.15, -0.1) is 0 Å². The van der Waals surface area contributed by atoms with Gasteiger partial charge in [-0.2, -0.15) is 0 Å². The molecule has 2 rings (SSSR count). The van der Waals surface area contributed by atoms with Gasteiger partial charge in [-0.3, -0.25) is 10.6 Å². The first-order valence-corrected chi connectivity index (χ1v) is 5.83. The molecule has 22 heavy (non-hydrogen) atoms. The maximum Gasteiger partial charge on any atom is 0.418 e. The highest BCUT2D eigenvalue weighted by atomic mass is 16.6. The van der Waals surface area contributed by atoms with Gasteiger partial charge in [-0.05, 0) is 0 Å². The van der Waals surface area contributed by atoms with Gasteiger partial charge in [0.1, 0.15) is 6.61 Å². The first-order chi connectivity index (χ1) is 10.5. The summed E-state index contributed by atoms with van der Waals surface area (Å²) in [7, 11) is 0. The molecule has 0 aromatic carbocycles. The van der Waals surface area contributed by atoms with E-state index >= 15 is 0 Å². The van der Waals surface area contributed by atoms with Crippen molar-refractivity contribution >= 4 is 12.2 Å². The first kappa shape index (κ1) is 15.3. The molecule has 0 fully saturated rings. The molecule has 0 spiro atoms. The van der Waals surface area contributed by atoms with Gasteiger partial charge in [0.15, 0.2) is 0 Å². The monoisotopic (exact) mass is 312 g/mol. The van der Waals surface area contributed by atoms with Crippen LogP contribution >= 0.6 is 0 Å².